The van der Waals surface area contributed by atoms with E-state index in [1.54, 1.807) is 24.4 Å². The number of rotatable bonds is 6. The summed E-state index contributed by atoms with van der Waals surface area (Å²) in [5.74, 6) is 1.46. The Morgan fingerprint density at radius 3 is 2.86 bits per heavy atom. The summed E-state index contributed by atoms with van der Waals surface area (Å²) >= 11 is 0. The van der Waals surface area contributed by atoms with Crippen LogP contribution in [0.1, 0.15) is 31.9 Å². The maximum absolute atomic E-state index is 12.9. The van der Waals surface area contributed by atoms with Gasteiger partial charge in [-0.25, -0.2) is 0 Å². The molecule has 142 valence electrons. The lowest BCUT2D eigenvalue weighted by atomic mass is 10.0. The van der Waals surface area contributed by atoms with Gasteiger partial charge >= 0.3 is 0 Å². The Kier molecular flexibility index (Phi) is 4.42. The Morgan fingerprint density at radius 1 is 1.36 bits per heavy atom. The Labute approximate surface area is 165 Å². The summed E-state index contributed by atoms with van der Waals surface area (Å²) < 4.78 is 2.27. The zero-order valence-corrected chi connectivity index (χ0v) is 16.4. The molecule has 2 heterocycles. The highest BCUT2D eigenvalue weighted by atomic mass is 16.1. The summed E-state index contributed by atoms with van der Waals surface area (Å²) in [6.07, 6.45) is 16.7. The molecule has 2 aliphatic rings. The highest BCUT2D eigenvalue weighted by molar-refractivity contribution is 5.82. The molecule has 4 rings (SSSR count). The molecule has 1 saturated carbocycles. The van der Waals surface area contributed by atoms with Crippen molar-refractivity contribution in [2.24, 2.45) is 5.92 Å². The minimum atomic E-state index is -0.154. The minimum Gasteiger partial charge on any atom is -0.342 e. The van der Waals surface area contributed by atoms with Gasteiger partial charge in [-0.05, 0) is 30.6 Å². The van der Waals surface area contributed by atoms with Gasteiger partial charge in [-0.15, -0.1) is 0 Å². The second-order valence-electron chi connectivity index (χ2n) is 7.74. The lowest BCUT2D eigenvalue weighted by Gasteiger charge is -2.26. The molecule has 1 N–H and O–H groups in total. The van der Waals surface area contributed by atoms with E-state index in [0.29, 0.717) is 11.3 Å². The number of hydrogen-bond acceptors (Lipinski definition) is 3. The number of aromatic nitrogens is 2. The molecule has 0 aromatic carbocycles. The van der Waals surface area contributed by atoms with Crippen molar-refractivity contribution in [2.75, 3.05) is 5.32 Å². The number of anilines is 1. The van der Waals surface area contributed by atoms with Gasteiger partial charge in [-0.2, -0.15) is 0 Å². The van der Waals surface area contributed by atoms with Crippen LogP contribution in [-0.2, 0) is 5.54 Å². The number of hydrogen-bond donors (Lipinski definition) is 1. The molecule has 2 aliphatic carbocycles. The molecule has 2 aromatic rings. The van der Waals surface area contributed by atoms with Crippen LogP contribution in [-0.4, -0.2) is 9.55 Å². The normalized spacial score (nSPS) is 23.0. The molecule has 2 unspecified atom stereocenters. The Balaban J connectivity index is 2.01. The number of pyridine rings is 2. The fourth-order valence-corrected chi connectivity index (χ4v) is 4.00. The summed E-state index contributed by atoms with van der Waals surface area (Å²) in [4.78, 5) is 17.4. The first-order chi connectivity index (χ1) is 13.5. The van der Waals surface area contributed by atoms with E-state index in [0.717, 1.165) is 29.1 Å². The zero-order valence-electron chi connectivity index (χ0n) is 16.4. The first kappa shape index (κ1) is 18.2. The van der Waals surface area contributed by atoms with Gasteiger partial charge in [0.15, 0.2) is 5.43 Å². The van der Waals surface area contributed by atoms with Crippen LogP contribution in [0.5, 0.6) is 0 Å². The first-order valence-electron chi connectivity index (χ1n) is 9.64. The monoisotopic (exact) mass is 371 g/mol. The van der Waals surface area contributed by atoms with Crippen LogP contribution in [0.3, 0.4) is 0 Å². The molecule has 0 radical (unpaired) electrons. The predicted octanol–water partition coefficient (Wildman–Crippen LogP) is 5.03. The van der Waals surface area contributed by atoms with Gasteiger partial charge < -0.3 is 9.88 Å². The average Bonchev–Trinajstić information content (AvgIpc) is 3.42. The van der Waals surface area contributed by atoms with Crippen molar-refractivity contribution in [1.29, 1.82) is 0 Å². The van der Waals surface area contributed by atoms with Crippen LogP contribution in [0.2, 0.25) is 0 Å². The van der Waals surface area contributed by atoms with E-state index in [4.69, 9.17) is 0 Å². The SMILES string of the molecule is C=C/C=C(\C=C)Nc1cc(=O)c2cnc(C(C)C)cc2n1C12C=CC=CC1C2. The third-order valence-corrected chi connectivity index (χ3v) is 5.58. The maximum Gasteiger partial charge on any atom is 0.193 e. The summed E-state index contributed by atoms with van der Waals surface area (Å²) in [7, 11) is 0. The molecule has 2 aromatic heterocycles. The van der Waals surface area contributed by atoms with Gasteiger partial charge in [-0.1, -0.05) is 57.4 Å². The maximum atomic E-state index is 12.9. The minimum absolute atomic E-state index is 0.0393. The zero-order chi connectivity index (χ0) is 19.9. The summed E-state index contributed by atoms with van der Waals surface area (Å²) in [6, 6.07) is 3.73. The fraction of sp³-hybridized carbons (Fsp3) is 0.250. The molecule has 2 atom stereocenters. The van der Waals surface area contributed by atoms with Crippen molar-refractivity contribution in [1.82, 2.24) is 9.55 Å². The van der Waals surface area contributed by atoms with Crippen LogP contribution >= 0.6 is 0 Å². The van der Waals surface area contributed by atoms with Gasteiger partial charge in [0.2, 0.25) is 0 Å². The van der Waals surface area contributed by atoms with E-state index in [-0.39, 0.29) is 16.9 Å². The molecule has 0 spiro atoms. The lowest BCUT2D eigenvalue weighted by molar-refractivity contribution is 0.584. The lowest BCUT2D eigenvalue weighted by Crippen LogP contribution is -2.25. The molecule has 4 heteroatoms. The van der Waals surface area contributed by atoms with Crippen LogP contribution in [0.15, 0.2) is 84.5 Å². The van der Waals surface area contributed by atoms with Crippen molar-refractivity contribution < 1.29 is 0 Å². The predicted molar refractivity (Wildman–Crippen MR) is 117 cm³/mol. The molecule has 0 aliphatic heterocycles. The van der Waals surface area contributed by atoms with E-state index in [1.807, 2.05) is 6.08 Å². The van der Waals surface area contributed by atoms with Crippen LogP contribution in [0, 0.1) is 5.92 Å². The summed E-state index contributed by atoms with van der Waals surface area (Å²) in [5.41, 5.74) is 2.50. The van der Waals surface area contributed by atoms with Gasteiger partial charge in [0.25, 0.3) is 0 Å². The second kappa shape index (κ2) is 6.79. The smallest absolute Gasteiger partial charge is 0.193 e. The summed E-state index contributed by atoms with van der Waals surface area (Å²) in [5, 5.41) is 4.03. The molecule has 4 nitrogen and oxygen atoms in total. The third kappa shape index (κ3) is 2.85. The Hall–Kier alpha value is -3.14. The average molecular weight is 371 g/mol. The molecule has 0 saturated heterocycles. The van der Waals surface area contributed by atoms with E-state index < -0.39 is 0 Å². The van der Waals surface area contributed by atoms with Crippen molar-refractivity contribution in [3.05, 3.63) is 95.6 Å². The van der Waals surface area contributed by atoms with E-state index >= 15 is 0 Å². The highest BCUT2D eigenvalue weighted by Gasteiger charge is 2.54. The van der Waals surface area contributed by atoms with Gasteiger partial charge in [-0.3, -0.25) is 9.78 Å². The standard InChI is InChI=1S/C24H25N3O/c1-5-9-18(6-2)26-23-13-22(28)19-15-25-20(16(3)4)12-21(19)27(23)24-11-8-7-10-17(24)14-24/h5-13,15-17,26H,1-2,14H2,3-4H3/b18-9+. The second-order valence-corrected chi connectivity index (χ2v) is 7.74. The molecule has 1 fully saturated rings. The highest BCUT2D eigenvalue weighted by Crippen LogP contribution is 2.56. The van der Waals surface area contributed by atoms with Crippen molar-refractivity contribution in [3.63, 3.8) is 0 Å². The third-order valence-electron chi connectivity index (χ3n) is 5.58. The van der Waals surface area contributed by atoms with Gasteiger partial charge in [0.1, 0.15) is 5.82 Å². The summed E-state index contributed by atoms with van der Waals surface area (Å²) in [6.45, 7) is 11.9. The van der Waals surface area contributed by atoms with E-state index in [9.17, 15) is 4.79 Å². The number of nitrogens with zero attached hydrogens (tertiary/aromatic N) is 2. The van der Waals surface area contributed by atoms with Gasteiger partial charge in [0, 0.05) is 29.6 Å². The first-order valence-corrected chi connectivity index (χ1v) is 9.64. The van der Waals surface area contributed by atoms with Crippen LogP contribution in [0.25, 0.3) is 10.9 Å². The molecule has 28 heavy (non-hydrogen) atoms. The molecular weight excluding hydrogens is 346 g/mol. The number of nitrogens with one attached hydrogen (secondary N) is 1. The van der Waals surface area contributed by atoms with Crippen molar-refractivity contribution in [3.8, 4) is 0 Å². The quantitative estimate of drug-likeness (QED) is 0.725. The fourth-order valence-electron chi connectivity index (χ4n) is 4.00. The molecular formula is C24H25N3O. The van der Waals surface area contributed by atoms with Crippen LogP contribution in [0.4, 0.5) is 5.82 Å². The number of allylic oxidation sites excluding steroid dienone is 7. The van der Waals surface area contributed by atoms with E-state index in [2.05, 4.69) is 72.2 Å². The largest absolute Gasteiger partial charge is 0.342 e. The van der Waals surface area contributed by atoms with Crippen molar-refractivity contribution >= 4 is 16.7 Å². The van der Waals surface area contributed by atoms with Gasteiger partial charge in [0.05, 0.1) is 16.4 Å². The topological polar surface area (TPSA) is 46.9 Å². The Bertz CT molecular complexity index is 1120. The molecule has 0 amide bonds. The Morgan fingerprint density at radius 2 is 2.18 bits per heavy atom. The van der Waals surface area contributed by atoms with Crippen molar-refractivity contribution in [2.45, 2.75) is 31.7 Å². The molecule has 0 bridgehead atoms. The van der Waals surface area contributed by atoms with E-state index in [1.165, 1.54) is 0 Å². The number of fused-ring (bicyclic) bond motifs is 2. The van der Waals surface area contributed by atoms with Crippen LogP contribution < -0.4 is 10.7 Å².